The summed E-state index contributed by atoms with van der Waals surface area (Å²) in [6.45, 7) is 4.65. The Labute approximate surface area is 61.2 Å². The van der Waals surface area contributed by atoms with E-state index in [9.17, 15) is 4.39 Å². The maximum atomic E-state index is 12.7. The monoisotopic (exact) mass is 146 g/mol. The predicted octanol–water partition coefficient (Wildman–Crippen LogP) is 0.377. The number of nitrogens with two attached hydrogens (primary N) is 1. The lowest BCUT2D eigenvalue weighted by Crippen LogP contribution is -2.49. The summed E-state index contributed by atoms with van der Waals surface area (Å²) in [5, 5.41) is 0. The molecular formula is C7H15FN2. The van der Waals surface area contributed by atoms with Crippen molar-refractivity contribution in [2.45, 2.75) is 25.6 Å². The minimum absolute atomic E-state index is 0.256. The molecule has 0 saturated carbocycles. The molecule has 0 amide bonds. The number of nitrogens with zero attached hydrogens (tertiary/aromatic N) is 1. The van der Waals surface area contributed by atoms with E-state index in [0.717, 1.165) is 19.6 Å². The number of hydrogen-bond acceptors (Lipinski definition) is 2. The van der Waals surface area contributed by atoms with Crippen LogP contribution in [0.25, 0.3) is 0 Å². The molecule has 1 aliphatic rings. The number of hydrogen-bond donors (Lipinski definition) is 1. The van der Waals surface area contributed by atoms with Crippen LogP contribution in [0.3, 0.4) is 0 Å². The zero-order valence-electron chi connectivity index (χ0n) is 6.39. The van der Waals surface area contributed by atoms with Gasteiger partial charge in [0.25, 0.3) is 0 Å². The topological polar surface area (TPSA) is 29.3 Å². The number of likely N-dealkylation sites (tertiary alicyclic amines) is 1. The van der Waals surface area contributed by atoms with Gasteiger partial charge in [-0.1, -0.05) is 6.92 Å². The predicted molar refractivity (Wildman–Crippen MR) is 39.6 cm³/mol. The molecule has 0 aliphatic carbocycles. The Bertz CT molecular complexity index is 108. The lowest BCUT2D eigenvalue weighted by atomic mass is 10.1. The molecule has 0 radical (unpaired) electrons. The Kier molecular flexibility index (Phi) is 2.63. The molecule has 1 aliphatic heterocycles. The van der Waals surface area contributed by atoms with E-state index in [1.807, 2.05) is 0 Å². The summed E-state index contributed by atoms with van der Waals surface area (Å²) in [5.74, 6) is 0. The van der Waals surface area contributed by atoms with Gasteiger partial charge in [-0.25, -0.2) is 4.39 Å². The summed E-state index contributed by atoms with van der Waals surface area (Å²) < 4.78 is 12.7. The molecule has 0 aromatic rings. The maximum absolute atomic E-state index is 12.7. The molecule has 0 aromatic carbocycles. The van der Waals surface area contributed by atoms with E-state index in [2.05, 4.69) is 11.8 Å². The lowest BCUT2D eigenvalue weighted by molar-refractivity contribution is 0.132. The van der Waals surface area contributed by atoms with Gasteiger partial charge in [-0.2, -0.15) is 0 Å². The smallest absolute Gasteiger partial charge is 0.118 e. The second-order valence-corrected chi connectivity index (χ2v) is 2.86. The summed E-state index contributed by atoms with van der Waals surface area (Å²) in [6.07, 6.45) is -0.169. The zero-order valence-corrected chi connectivity index (χ0v) is 6.39. The molecule has 1 fully saturated rings. The van der Waals surface area contributed by atoms with Crippen molar-refractivity contribution >= 4 is 0 Å². The van der Waals surface area contributed by atoms with E-state index in [1.54, 1.807) is 0 Å². The number of alkyl halides is 1. The van der Waals surface area contributed by atoms with Gasteiger partial charge in [0.05, 0.1) is 0 Å². The number of likely N-dealkylation sites (N-methyl/N-ethyl adjacent to an activating group) is 1. The van der Waals surface area contributed by atoms with Crippen molar-refractivity contribution in [1.82, 2.24) is 4.90 Å². The average Bonchev–Trinajstić information content (AvgIpc) is 1.95. The highest BCUT2D eigenvalue weighted by Gasteiger charge is 2.24. The van der Waals surface area contributed by atoms with E-state index in [-0.39, 0.29) is 6.04 Å². The minimum Gasteiger partial charge on any atom is -0.324 e. The summed E-state index contributed by atoms with van der Waals surface area (Å²) in [4.78, 5) is 2.18. The zero-order chi connectivity index (χ0) is 7.56. The van der Waals surface area contributed by atoms with E-state index < -0.39 is 6.17 Å². The van der Waals surface area contributed by atoms with Crippen LogP contribution >= 0.6 is 0 Å². The molecule has 0 bridgehead atoms. The third-order valence-electron chi connectivity index (χ3n) is 2.10. The Morgan fingerprint density at radius 3 is 2.90 bits per heavy atom. The molecule has 2 unspecified atom stereocenters. The van der Waals surface area contributed by atoms with Crippen LogP contribution in [0.2, 0.25) is 0 Å². The molecular weight excluding hydrogens is 131 g/mol. The third kappa shape index (κ3) is 1.67. The summed E-state index contributed by atoms with van der Waals surface area (Å²) >= 11 is 0. The SMILES string of the molecule is CCN1CCC(F)C(N)C1. The van der Waals surface area contributed by atoms with E-state index in [0.29, 0.717) is 6.42 Å². The van der Waals surface area contributed by atoms with Gasteiger partial charge in [-0.15, -0.1) is 0 Å². The van der Waals surface area contributed by atoms with Gasteiger partial charge < -0.3 is 10.6 Å². The number of rotatable bonds is 1. The quantitative estimate of drug-likeness (QED) is 0.579. The van der Waals surface area contributed by atoms with Crippen LogP contribution in [-0.4, -0.2) is 36.7 Å². The second-order valence-electron chi connectivity index (χ2n) is 2.86. The molecule has 0 aromatic heterocycles. The van der Waals surface area contributed by atoms with Crippen molar-refractivity contribution in [3.8, 4) is 0 Å². The first-order valence-corrected chi connectivity index (χ1v) is 3.86. The van der Waals surface area contributed by atoms with Crippen molar-refractivity contribution in [3.05, 3.63) is 0 Å². The van der Waals surface area contributed by atoms with Crippen LogP contribution in [0.1, 0.15) is 13.3 Å². The Morgan fingerprint density at radius 2 is 2.40 bits per heavy atom. The van der Waals surface area contributed by atoms with Crippen LogP contribution in [0, 0.1) is 0 Å². The van der Waals surface area contributed by atoms with Gasteiger partial charge in [-0.3, -0.25) is 0 Å². The Balaban J connectivity index is 2.33. The van der Waals surface area contributed by atoms with Gasteiger partial charge in [0.1, 0.15) is 6.17 Å². The summed E-state index contributed by atoms with van der Waals surface area (Å²) in [5.41, 5.74) is 5.53. The minimum atomic E-state index is -0.775. The lowest BCUT2D eigenvalue weighted by Gasteiger charge is -2.31. The molecule has 1 rings (SSSR count). The molecule has 2 N–H and O–H groups in total. The molecule has 2 nitrogen and oxygen atoms in total. The molecule has 2 atom stereocenters. The average molecular weight is 146 g/mol. The van der Waals surface area contributed by atoms with E-state index >= 15 is 0 Å². The van der Waals surface area contributed by atoms with Crippen LogP contribution in [0.15, 0.2) is 0 Å². The van der Waals surface area contributed by atoms with Gasteiger partial charge in [-0.05, 0) is 13.0 Å². The summed E-state index contributed by atoms with van der Waals surface area (Å²) in [7, 11) is 0. The largest absolute Gasteiger partial charge is 0.324 e. The van der Waals surface area contributed by atoms with Crippen LogP contribution in [0.4, 0.5) is 4.39 Å². The van der Waals surface area contributed by atoms with Gasteiger partial charge >= 0.3 is 0 Å². The molecule has 10 heavy (non-hydrogen) atoms. The molecule has 1 saturated heterocycles. The Morgan fingerprint density at radius 1 is 1.70 bits per heavy atom. The highest BCUT2D eigenvalue weighted by atomic mass is 19.1. The first kappa shape index (κ1) is 7.95. The van der Waals surface area contributed by atoms with Gasteiger partial charge in [0.2, 0.25) is 0 Å². The van der Waals surface area contributed by atoms with Crippen LogP contribution in [0.5, 0.6) is 0 Å². The first-order valence-electron chi connectivity index (χ1n) is 3.86. The van der Waals surface area contributed by atoms with E-state index in [1.165, 1.54) is 0 Å². The van der Waals surface area contributed by atoms with Crippen molar-refractivity contribution in [2.24, 2.45) is 5.73 Å². The number of halogens is 1. The van der Waals surface area contributed by atoms with Crippen LogP contribution in [-0.2, 0) is 0 Å². The molecule has 0 spiro atoms. The highest BCUT2D eigenvalue weighted by molar-refractivity contribution is 4.82. The summed E-state index contributed by atoms with van der Waals surface area (Å²) in [6, 6.07) is -0.256. The second kappa shape index (κ2) is 3.30. The van der Waals surface area contributed by atoms with Crippen molar-refractivity contribution in [3.63, 3.8) is 0 Å². The number of piperidine rings is 1. The normalized spacial score (nSPS) is 36.3. The molecule has 3 heteroatoms. The van der Waals surface area contributed by atoms with Crippen molar-refractivity contribution in [1.29, 1.82) is 0 Å². The fourth-order valence-electron chi connectivity index (χ4n) is 1.31. The molecule has 60 valence electrons. The standard InChI is InChI=1S/C7H15FN2/c1-2-10-4-3-6(8)7(9)5-10/h6-7H,2-5,9H2,1H3. The van der Waals surface area contributed by atoms with Gasteiger partial charge in [0.15, 0.2) is 0 Å². The fraction of sp³-hybridized carbons (Fsp3) is 1.00. The van der Waals surface area contributed by atoms with Gasteiger partial charge in [0, 0.05) is 19.1 Å². The van der Waals surface area contributed by atoms with E-state index in [4.69, 9.17) is 5.73 Å². The van der Waals surface area contributed by atoms with Crippen LogP contribution < -0.4 is 5.73 Å². The first-order chi connectivity index (χ1) is 4.74. The van der Waals surface area contributed by atoms with Crippen molar-refractivity contribution < 1.29 is 4.39 Å². The highest BCUT2D eigenvalue weighted by Crippen LogP contribution is 2.11. The third-order valence-corrected chi connectivity index (χ3v) is 2.10. The van der Waals surface area contributed by atoms with Crippen molar-refractivity contribution in [2.75, 3.05) is 19.6 Å². The Hall–Kier alpha value is -0.150. The molecule has 1 heterocycles. The fourth-order valence-corrected chi connectivity index (χ4v) is 1.31. The maximum Gasteiger partial charge on any atom is 0.118 e.